The Bertz CT molecular complexity index is 1530. The summed E-state index contributed by atoms with van der Waals surface area (Å²) in [7, 11) is 1.71. The van der Waals surface area contributed by atoms with E-state index in [1.807, 2.05) is 30.9 Å². The monoisotopic (exact) mass is 660 g/mol. The van der Waals surface area contributed by atoms with Crippen molar-refractivity contribution in [1.29, 1.82) is 0 Å². The summed E-state index contributed by atoms with van der Waals surface area (Å²) >= 11 is 0. The number of carbonyl (C=O) groups is 2. The van der Waals surface area contributed by atoms with Crippen LogP contribution in [0.15, 0.2) is 47.2 Å². The van der Waals surface area contributed by atoms with Crippen LogP contribution >= 0.6 is 0 Å². The molecule has 0 bridgehead atoms. The summed E-state index contributed by atoms with van der Waals surface area (Å²) in [6, 6.07) is 10.4. The van der Waals surface area contributed by atoms with E-state index in [9.17, 15) is 14.7 Å². The number of aromatic nitrogens is 2. The van der Waals surface area contributed by atoms with Crippen LogP contribution in [-0.4, -0.2) is 59.0 Å². The fourth-order valence-corrected chi connectivity index (χ4v) is 6.93. The smallest absolute Gasteiger partial charge is 0.407 e. The third-order valence-electron chi connectivity index (χ3n) is 9.74. The van der Waals surface area contributed by atoms with Crippen molar-refractivity contribution in [3.05, 3.63) is 59.8 Å². The van der Waals surface area contributed by atoms with Crippen LogP contribution in [0.5, 0.6) is 5.75 Å². The van der Waals surface area contributed by atoms with Crippen LogP contribution in [0.3, 0.4) is 0 Å². The standard InChI is InChI=1S/C38H52N4O6/c1-24(2)35-41-32(22-47-35)30-17-18-39-34(20-30)42(21-26-7-9-27(10-8-26)29-13-16-33(46-6)25(3)19-29)36(43)28-11-14-31(15-12-28)48-37(44)40-23-38(4,5)45/h13,16-20,22,24,26-28,31,45H,7-12,14-15,21,23H2,1-6H3,(H,40,44)/t26-,27-,28-,31-. The number of amides is 2. The quantitative estimate of drug-likeness (QED) is 0.216. The van der Waals surface area contributed by atoms with E-state index in [4.69, 9.17) is 18.9 Å². The number of rotatable bonds is 11. The van der Waals surface area contributed by atoms with Crippen molar-refractivity contribution in [3.63, 3.8) is 0 Å². The van der Waals surface area contributed by atoms with Crippen molar-refractivity contribution in [1.82, 2.24) is 15.3 Å². The number of carbonyl (C=O) groups excluding carboxylic acids is 2. The molecule has 0 unspecified atom stereocenters. The van der Waals surface area contributed by atoms with Gasteiger partial charge in [-0.15, -0.1) is 0 Å². The summed E-state index contributed by atoms with van der Waals surface area (Å²) in [6.07, 6.45) is 9.28. The topological polar surface area (TPSA) is 127 Å². The Balaban J connectivity index is 1.28. The summed E-state index contributed by atoms with van der Waals surface area (Å²) in [5.74, 6) is 3.12. The zero-order valence-corrected chi connectivity index (χ0v) is 29.3. The third kappa shape index (κ3) is 9.15. The van der Waals surface area contributed by atoms with E-state index in [0.29, 0.717) is 55.8 Å². The molecule has 2 saturated carbocycles. The van der Waals surface area contributed by atoms with Crippen molar-refractivity contribution >= 4 is 17.8 Å². The molecule has 5 rings (SSSR count). The lowest BCUT2D eigenvalue weighted by molar-refractivity contribution is -0.124. The van der Waals surface area contributed by atoms with Crippen molar-refractivity contribution in [2.45, 2.75) is 110 Å². The fourth-order valence-electron chi connectivity index (χ4n) is 6.93. The highest BCUT2D eigenvalue weighted by atomic mass is 16.6. The van der Waals surface area contributed by atoms with Gasteiger partial charge in [-0.2, -0.15) is 0 Å². The molecular weight excluding hydrogens is 608 g/mol. The lowest BCUT2D eigenvalue weighted by Crippen LogP contribution is -2.43. The number of methoxy groups -OCH3 is 1. The maximum atomic E-state index is 14.3. The number of anilines is 1. The van der Waals surface area contributed by atoms with Crippen LogP contribution in [0.2, 0.25) is 0 Å². The van der Waals surface area contributed by atoms with E-state index >= 15 is 0 Å². The number of pyridine rings is 1. The summed E-state index contributed by atoms with van der Waals surface area (Å²) in [6.45, 7) is 10.1. The first-order chi connectivity index (χ1) is 22.9. The van der Waals surface area contributed by atoms with E-state index in [-0.39, 0.29) is 30.4 Å². The number of alkyl carbamates (subject to hydrolysis) is 1. The van der Waals surface area contributed by atoms with Crippen LogP contribution in [0.4, 0.5) is 10.6 Å². The molecule has 1 aromatic carbocycles. The maximum absolute atomic E-state index is 14.3. The SMILES string of the molecule is COc1ccc([C@H]2CC[C@H](CN(c3cc(-c4coc(C(C)C)n4)ccn3)C(=O)[C@H]3CC[C@H](OC(=O)NCC(C)(C)O)CC3)CC2)cc1C. The molecule has 2 aromatic heterocycles. The van der Waals surface area contributed by atoms with Gasteiger partial charge in [-0.3, -0.25) is 9.69 Å². The van der Waals surface area contributed by atoms with Gasteiger partial charge in [-0.25, -0.2) is 14.8 Å². The molecule has 2 heterocycles. The van der Waals surface area contributed by atoms with Gasteiger partial charge < -0.3 is 24.3 Å². The van der Waals surface area contributed by atoms with Crippen molar-refractivity contribution in [2.24, 2.45) is 11.8 Å². The average Bonchev–Trinajstić information content (AvgIpc) is 3.58. The molecule has 3 aromatic rings. The Morgan fingerprint density at radius 3 is 2.42 bits per heavy atom. The van der Waals surface area contributed by atoms with Gasteiger partial charge in [0.05, 0.1) is 12.7 Å². The van der Waals surface area contributed by atoms with Gasteiger partial charge in [0.2, 0.25) is 5.91 Å². The number of hydrogen-bond donors (Lipinski definition) is 2. The molecule has 0 radical (unpaired) electrons. The lowest BCUT2D eigenvalue weighted by Gasteiger charge is -2.35. The minimum Gasteiger partial charge on any atom is -0.496 e. The molecule has 0 spiro atoms. The largest absolute Gasteiger partial charge is 0.496 e. The van der Waals surface area contributed by atoms with E-state index in [1.54, 1.807) is 33.4 Å². The molecule has 10 heteroatoms. The Labute approximate surface area is 284 Å². The number of ether oxygens (including phenoxy) is 2. The van der Waals surface area contributed by atoms with Gasteiger partial charge in [-0.05, 0) is 113 Å². The lowest BCUT2D eigenvalue weighted by atomic mass is 9.78. The Kier molecular flexibility index (Phi) is 11.5. The predicted octanol–water partition coefficient (Wildman–Crippen LogP) is 7.54. The number of aryl methyl sites for hydroxylation is 1. The minimum absolute atomic E-state index is 0.0699. The molecule has 2 aliphatic carbocycles. The zero-order chi connectivity index (χ0) is 34.4. The third-order valence-corrected chi connectivity index (χ3v) is 9.74. The van der Waals surface area contributed by atoms with Crippen LogP contribution in [-0.2, 0) is 9.53 Å². The van der Waals surface area contributed by atoms with Gasteiger partial charge in [0.25, 0.3) is 0 Å². The summed E-state index contributed by atoms with van der Waals surface area (Å²) in [4.78, 5) is 37.9. The van der Waals surface area contributed by atoms with Crippen LogP contribution in [0, 0.1) is 18.8 Å². The molecule has 10 nitrogen and oxygen atoms in total. The summed E-state index contributed by atoms with van der Waals surface area (Å²) < 4.78 is 16.8. The summed E-state index contributed by atoms with van der Waals surface area (Å²) in [5.41, 5.74) is 3.08. The number of hydrogen-bond acceptors (Lipinski definition) is 8. The molecule has 2 N–H and O–H groups in total. The zero-order valence-electron chi connectivity index (χ0n) is 29.3. The van der Waals surface area contributed by atoms with Crippen LogP contribution in [0.25, 0.3) is 11.3 Å². The average molecular weight is 661 g/mol. The highest BCUT2D eigenvalue weighted by Gasteiger charge is 2.34. The Morgan fingerprint density at radius 2 is 1.79 bits per heavy atom. The number of benzene rings is 1. The second-order valence-electron chi connectivity index (χ2n) is 14.6. The maximum Gasteiger partial charge on any atom is 0.407 e. The van der Waals surface area contributed by atoms with Gasteiger partial charge >= 0.3 is 6.09 Å². The number of nitrogens with one attached hydrogen (secondary N) is 1. The van der Waals surface area contributed by atoms with E-state index < -0.39 is 11.7 Å². The second-order valence-corrected chi connectivity index (χ2v) is 14.6. The van der Waals surface area contributed by atoms with Gasteiger partial charge in [0.15, 0.2) is 5.89 Å². The highest BCUT2D eigenvalue weighted by molar-refractivity contribution is 5.94. The van der Waals surface area contributed by atoms with Gasteiger partial charge in [0.1, 0.15) is 29.6 Å². The van der Waals surface area contributed by atoms with E-state index in [1.165, 1.54) is 5.56 Å². The van der Waals surface area contributed by atoms with Crippen LogP contribution < -0.4 is 15.0 Å². The molecule has 0 atom stereocenters. The first-order valence-corrected chi connectivity index (χ1v) is 17.4. The number of nitrogens with zero attached hydrogens (tertiary/aromatic N) is 3. The van der Waals surface area contributed by atoms with E-state index in [0.717, 1.165) is 48.3 Å². The first-order valence-electron chi connectivity index (χ1n) is 17.4. The first kappa shape index (κ1) is 35.4. The fraction of sp³-hybridized carbons (Fsp3) is 0.579. The number of aliphatic hydroxyl groups is 1. The van der Waals surface area contributed by atoms with Crippen molar-refractivity contribution in [2.75, 3.05) is 25.1 Å². The Morgan fingerprint density at radius 1 is 1.06 bits per heavy atom. The highest BCUT2D eigenvalue weighted by Crippen LogP contribution is 2.39. The van der Waals surface area contributed by atoms with Crippen molar-refractivity contribution in [3.8, 4) is 17.0 Å². The Hall–Kier alpha value is -3.92. The summed E-state index contributed by atoms with van der Waals surface area (Å²) in [5, 5.41) is 12.5. The molecule has 0 aliphatic heterocycles. The normalized spacial score (nSPS) is 21.5. The minimum atomic E-state index is -1.02. The second kappa shape index (κ2) is 15.5. The van der Waals surface area contributed by atoms with Gasteiger partial charge in [0, 0.05) is 36.7 Å². The molecule has 0 saturated heterocycles. The molecule has 2 amide bonds. The van der Waals surface area contributed by atoms with Crippen LogP contribution in [0.1, 0.15) is 108 Å². The molecule has 2 fully saturated rings. The molecule has 260 valence electrons. The predicted molar refractivity (Wildman–Crippen MR) is 185 cm³/mol. The molecule has 2 aliphatic rings. The van der Waals surface area contributed by atoms with Gasteiger partial charge in [-0.1, -0.05) is 26.0 Å². The molecule has 48 heavy (non-hydrogen) atoms. The molecular formula is C38H52N4O6. The number of oxazole rings is 1. The van der Waals surface area contributed by atoms with Crippen molar-refractivity contribution < 1.29 is 28.6 Å². The van der Waals surface area contributed by atoms with E-state index in [2.05, 4.69) is 35.4 Å².